The molecule has 0 amide bonds. The lowest BCUT2D eigenvalue weighted by Crippen LogP contribution is -2.11. The largest absolute Gasteiger partial charge is 0.197 e. The Labute approximate surface area is 127 Å². The number of nitrogens with zero attached hydrogens (tertiary/aromatic N) is 1. The topological polar surface area (TPSA) is 23.8 Å². The van der Waals surface area contributed by atoms with Crippen LogP contribution in [0.25, 0.3) is 0 Å². The van der Waals surface area contributed by atoms with Gasteiger partial charge in [-0.2, -0.15) is 5.26 Å². The molecule has 0 N–H and O–H groups in total. The van der Waals surface area contributed by atoms with Crippen LogP contribution in [0.5, 0.6) is 0 Å². The van der Waals surface area contributed by atoms with Gasteiger partial charge < -0.3 is 0 Å². The van der Waals surface area contributed by atoms with Crippen LogP contribution >= 0.6 is 35.1 Å². The van der Waals surface area contributed by atoms with Crippen molar-refractivity contribution in [2.75, 3.05) is 0 Å². The molecule has 0 spiro atoms. The molecule has 4 heteroatoms. The molecule has 1 nitrogen and oxygen atoms in total. The zero-order valence-electron chi connectivity index (χ0n) is 10.1. The van der Waals surface area contributed by atoms with E-state index in [1.54, 1.807) is 0 Å². The molecular formula is C15H12ClNS2. The average Bonchev–Trinajstić information content (AvgIpc) is 2.47. The number of hydrogen-bond donors (Lipinski definition) is 0. The van der Waals surface area contributed by atoms with E-state index in [0.29, 0.717) is 0 Å². The zero-order valence-corrected chi connectivity index (χ0v) is 12.5. The van der Waals surface area contributed by atoms with Gasteiger partial charge in [-0.25, -0.2) is 0 Å². The summed E-state index contributed by atoms with van der Waals surface area (Å²) < 4.78 is -0.280. The van der Waals surface area contributed by atoms with E-state index in [4.69, 9.17) is 11.6 Å². The first kappa shape index (κ1) is 14.3. The highest BCUT2D eigenvalue weighted by molar-refractivity contribution is 8.04. The zero-order chi connectivity index (χ0) is 13.5. The SMILES string of the molecule is N#CC(Sc1ccccc1)C(Cl)Sc1ccccc1. The van der Waals surface area contributed by atoms with Gasteiger partial charge in [-0.3, -0.25) is 0 Å². The highest BCUT2D eigenvalue weighted by Gasteiger charge is 2.21. The normalized spacial score (nSPS) is 13.5. The lowest BCUT2D eigenvalue weighted by atomic mass is 10.4. The van der Waals surface area contributed by atoms with E-state index in [2.05, 4.69) is 6.07 Å². The smallest absolute Gasteiger partial charge is 0.122 e. The molecule has 2 unspecified atom stereocenters. The van der Waals surface area contributed by atoms with Gasteiger partial charge in [0, 0.05) is 9.79 Å². The second-order valence-electron chi connectivity index (χ2n) is 3.76. The summed E-state index contributed by atoms with van der Waals surface area (Å²) in [5.74, 6) is 0. The molecule has 0 aliphatic carbocycles. The second kappa shape index (κ2) is 7.49. The number of rotatable bonds is 5. The van der Waals surface area contributed by atoms with Crippen molar-refractivity contribution in [3.8, 4) is 6.07 Å². The summed E-state index contributed by atoms with van der Waals surface area (Å²) in [4.78, 5) is 2.14. The summed E-state index contributed by atoms with van der Waals surface area (Å²) in [6.07, 6.45) is 0. The van der Waals surface area contributed by atoms with E-state index in [9.17, 15) is 5.26 Å². The van der Waals surface area contributed by atoms with Gasteiger partial charge in [0.2, 0.25) is 0 Å². The molecule has 0 aliphatic heterocycles. The van der Waals surface area contributed by atoms with Crippen molar-refractivity contribution in [2.24, 2.45) is 0 Å². The minimum absolute atomic E-state index is 0.280. The Kier molecular flexibility index (Phi) is 5.65. The van der Waals surface area contributed by atoms with Gasteiger partial charge in [-0.15, -0.1) is 35.1 Å². The molecule has 0 radical (unpaired) electrons. The molecule has 96 valence electrons. The monoisotopic (exact) mass is 305 g/mol. The Morgan fingerprint density at radius 1 is 0.842 bits per heavy atom. The first-order valence-electron chi connectivity index (χ1n) is 5.76. The second-order valence-corrected chi connectivity index (χ2v) is 6.92. The summed E-state index contributed by atoms with van der Waals surface area (Å²) in [5, 5.41) is 8.98. The Balaban J connectivity index is 2.00. The molecule has 0 heterocycles. The molecule has 0 aromatic heterocycles. The Morgan fingerprint density at radius 3 is 1.79 bits per heavy atom. The maximum absolute atomic E-state index is 9.27. The number of nitriles is 1. The van der Waals surface area contributed by atoms with Crippen LogP contribution in [-0.2, 0) is 0 Å². The molecule has 2 rings (SSSR count). The minimum Gasteiger partial charge on any atom is -0.197 e. The van der Waals surface area contributed by atoms with Crippen molar-refractivity contribution in [1.82, 2.24) is 0 Å². The van der Waals surface area contributed by atoms with E-state index in [1.807, 2.05) is 60.7 Å². The van der Waals surface area contributed by atoms with Crippen molar-refractivity contribution in [1.29, 1.82) is 5.26 Å². The lowest BCUT2D eigenvalue weighted by Gasteiger charge is -2.14. The quantitative estimate of drug-likeness (QED) is 0.572. The van der Waals surface area contributed by atoms with Crippen LogP contribution in [0.15, 0.2) is 70.5 Å². The van der Waals surface area contributed by atoms with E-state index in [1.165, 1.54) is 23.5 Å². The molecule has 0 fully saturated rings. The fraction of sp³-hybridized carbons (Fsp3) is 0.133. The number of alkyl halides is 1. The maximum Gasteiger partial charge on any atom is 0.122 e. The third-order valence-corrected chi connectivity index (χ3v) is 5.42. The highest BCUT2D eigenvalue weighted by Crippen LogP contribution is 2.35. The average molecular weight is 306 g/mol. The maximum atomic E-state index is 9.27. The van der Waals surface area contributed by atoms with Gasteiger partial charge in [0.25, 0.3) is 0 Å². The summed E-state index contributed by atoms with van der Waals surface area (Å²) >= 11 is 9.37. The van der Waals surface area contributed by atoms with Crippen LogP contribution in [0.3, 0.4) is 0 Å². The molecule has 19 heavy (non-hydrogen) atoms. The van der Waals surface area contributed by atoms with Crippen molar-refractivity contribution in [2.45, 2.75) is 19.8 Å². The molecule has 0 saturated carbocycles. The van der Waals surface area contributed by atoms with Crippen molar-refractivity contribution < 1.29 is 0 Å². The first-order valence-corrected chi connectivity index (χ1v) is 7.96. The summed E-state index contributed by atoms with van der Waals surface area (Å²) in [7, 11) is 0. The fourth-order valence-corrected chi connectivity index (χ4v) is 3.85. The van der Waals surface area contributed by atoms with Gasteiger partial charge >= 0.3 is 0 Å². The standard InChI is InChI=1S/C15H12ClNS2/c16-15(19-13-9-5-2-6-10-13)14(11-17)18-12-7-3-1-4-8-12/h1-10,14-15H. The third-order valence-electron chi connectivity index (χ3n) is 2.36. The Bertz CT molecular complexity index is 539. The molecule has 2 aromatic carbocycles. The number of benzene rings is 2. The summed E-state index contributed by atoms with van der Waals surface area (Å²) in [5.41, 5.74) is 0. The van der Waals surface area contributed by atoms with Crippen LogP contribution in [0.1, 0.15) is 0 Å². The Hall–Kier alpha value is -1.08. The molecule has 2 atom stereocenters. The molecule has 0 aliphatic rings. The van der Waals surface area contributed by atoms with Crippen molar-refractivity contribution >= 4 is 35.1 Å². The van der Waals surface area contributed by atoms with E-state index >= 15 is 0 Å². The molecule has 0 saturated heterocycles. The van der Waals surface area contributed by atoms with E-state index < -0.39 is 0 Å². The van der Waals surface area contributed by atoms with Gasteiger partial charge in [-0.05, 0) is 24.3 Å². The van der Waals surface area contributed by atoms with Crippen LogP contribution in [0.2, 0.25) is 0 Å². The Morgan fingerprint density at radius 2 is 1.32 bits per heavy atom. The third kappa shape index (κ3) is 4.50. The van der Waals surface area contributed by atoms with Crippen LogP contribution in [-0.4, -0.2) is 9.96 Å². The first-order chi connectivity index (χ1) is 9.29. The van der Waals surface area contributed by atoms with E-state index in [0.717, 1.165) is 9.79 Å². The molecule has 0 bridgehead atoms. The predicted octanol–water partition coefficient (Wildman–Crippen LogP) is 5.03. The molecular weight excluding hydrogens is 294 g/mol. The van der Waals surface area contributed by atoms with Gasteiger partial charge in [-0.1, -0.05) is 36.4 Å². The minimum atomic E-state index is -0.283. The van der Waals surface area contributed by atoms with Crippen LogP contribution in [0, 0.1) is 11.3 Å². The van der Waals surface area contributed by atoms with Gasteiger partial charge in [0.05, 0.1) is 6.07 Å². The molecule has 2 aromatic rings. The summed E-state index contributed by atoms with van der Waals surface area (Å²) in [6, 6.07) is 22.1. The van der Waals surface area contributed by atoms with Gasteiger partial charge in [0.1, 0.15) is 9.96 Å². The fourth-order valence-electron chi connectivity index (χ4n) is 1.47. The number of halogens is 1. The summed E-state index contributed by atoms with van der Waals surface area (Å²) in [6.45, 7) is 0. The van der Waals surface area contributed by atoms with E-state index in [-0.39, 0.29) is 9.96 Å². The van der Waals surface area contributed by atoms with Crippen LogP contribution in [0.4, 0.5) is 0 Å². The van der Waals surface area contributed by atoms with Crippen molar-refractivity contribution in [3.63, 3.8) is 0 Å². The predicted molar refractivity (Wildman–Crippen MR) is 83.6 cm³/mol. The highest BCUT2D eigenvalue weighted by atomic mass is 35.5. The number of hydrogen-bond acceptors (Lipinski definition) is 3. The lowest BCUT2D eigenvalue weighted by molar-refractivity contribution is 1.18. The van der Waals surface area contributed by atoms with Crippen LogP contribution < -0.4 is 0 Å². The van der Waals surface area contributed by atoms with Gasteiger partial charge in [0.15, 0.2) is 0 Å². The van der Waals surface area contributed by atoms with Crippen molar-refractivity contribution in [3.05, 3.63) is 60.7 Å². The number of thioether (sulfide) groups is 2.